The van der Waals surface area contributed by atoms with Gasteiger partial charge in [0.15, 0.2) is 0 Å². The number of benzene rings is 2. The molecule has 3 heterocycles. The Kier molecular flexibility index (Phi) is 7.22. The third-order valence-electron chi connectivity index (χ3n) is 6.47. The molecule has 1 aliphatic heterocycles. The van der Waals surface area contributed by atoms with Crippen LogP contribution in [0.5, 0.6) is 0 Å². The number of nitrogens with one attached hydrogen (secondary N) is 2. The summed E-state index contributed by atoms with van der Waals surface area (Å²) in [6.07, 6.45) is 5.26. The highest BCUT2D eigenvalue weighted by atomic mass is 19.1. The molecule has 2 aromatic carbocycles. The fourth-order valence-electron chi connectivity index (χ4n) is 4.47. The lowest BCUT2D eigenvalue weighted by Gasteiger charge is -2.33. The number of pyridine rings is 1. The number of aromatic amines is 1. The monoisotopic (exact) mass is 487 g/mol. The van der Waals surface area contributed by atoms with Crippen LogP contribution in [0.4, 0.5) is 10.1 Å². The van der Waals surface area contributed by atoms with E-state index in [4.69, 9.17) is 10.5 Å². The van der Waals surface area contributed by atoms with Crippen molar-refractivity contribution in [1.29, 1.82) is 0 Å². The second kappa shape index (κ2) is 10.9. The maximum absolute atomic E-state index is 14.1. The molecule has 1 fully saturated rings. The molecule has 9 heteroatoms. The number of ether oxygens (including phenoxy) is 1. The predicted octanol–water partition coefficient (Wildman–Crippen LogP) is 3.45. The van der Waals surface area contributed by atoms with Gasteiger partial charge in [-0.25, -0.2) is 9.82 Å². The quantitative estimate of drug-likeness (QED) is 0.328. The topological polar surface area (TPSA) is 95.3 Å². The number of fused-ring (bicyclic) bond motifs is 1. The van der Waals surface area contributed by atoms with Gasteiger partial charge in [0.25, 0.3) is 0 Å². The summed E-state index contributed by atoms with van der Waals surface area (Å²) in [4.78, 5) is 6.28. The van der Waals surface area contributed by atoms with Crippen LogP contribution in [0.25, 0.3) is 22.2 Å². The van der Waals surface area contributed by atoms with Crippen LogP contribution < -0.4 is 16.2 Å². The van der Waals surface area contributed by atoms with Gasteiger partial charge in [-0.05, 0) is 42.5 Å². The number of nitrogens with zero attached hydrogens (tertiary/aromatic N) is 4. The van der Waals surface area contributed by atoms with Crippen LogP contribution in [-0.2, 0) is 11.3 Å². The molecule has 8 nitrogen and oxygen atoms in total. The van der Waals surface area contributed by atoms with Crippen LogP contribution in [0.15, 0.2) is 78.8 Å². The van der Waals surface area contributed by atoms with Gasteiger partial charge in [0.05, 0.1) is 24.4 Å². The molecule has 0 bridgehead atoms. The van der Waals surface area contributed by atoms with Crippen LogP contribution in [0, 0.1) is 5.82 Å². The summed E-state index contributed by atoms with van der Waals surface area (Å²) >= 11 is 0. The largest absolute Gasteiger partial charge is 0.400 e. The Labute approximate surface area is 209 Å². The molecule has 1 atom stereocenters. The van der Waals surface area contributed by atoms with Gasteiger partial charge in [0, 0.05) is 61.3 Å². The summed E-state index contributed by atoms with van der Waals surface area (Å²) in [7, 11) is 1.88. The molecule has 186 valence electrons. The number of rotatable bonds is 8. The van der Waals surface area contributed by atoms with Gasteiger partial charge in [0.1, 0.15) is 17.6 Å². The van der Waals surface area contributed by atoms with Gasteiger partial charge >= 0.3 is 0 Å². The van der Waals surface area contributed by atoms with E-state index in [0.717, 1.165) is 34.4 Å². The van der Waals surface area contributed by atoms with E-state index in [1.54, 1.807) is 18.5 Å². The van der Waals surface area contributed by atoms with E-state index in [1.165, 1.54) is 6.07 Å². The van der Waals surface area contributed by atoms with Crippen molar-refractivity contribution in [2.45, 2.75) is 12.6 Å². The van der Waals surface area contributed by atoms with Gasteiger partial charge in [-0.1, -0.05) is 18.2 Å². The molecule has 4 aromatic rings. The number of nitrogens with two attached hydrogens (primary N) is 1. The molecule has 4 N–H and O–H groups in total. The van der Waals surface area contributed by atoms with E-state index in [9.17, 15) is 4.39 Å². The Hall–Kier alpha value is -3.79. The van der Waals surface area contributed by atoms with Gasteiger partial charge in [-0.2, -0.15) is 5.10 Å². The van der Waals surface area contributed by atoms with Crippen molar-refractivity contribution in [3.63, 3.8) is 0 Å². The zero-order chi connectivity index (χ0) is 24.9. The van der Waals surface area contributed by atoms with Crippen molar-refractivity contribution in [3.05, 3.63) is 90.1 Å². The summed E-state index contributed by atoms with van der Waals surface area (Å²) in [5, 5.41) is 10.6. The Balaban J connectivity index is 1.28. The van der Waals surface area contributed by atoms with Crippen LogP contribution in [-0.4, -0.2) is 59.5 Å². The second-order valence-electron chi connectivity index (χ2n) is 8.76. The van der Waals surface area contributed by atoms with Crippen molar-refractivity contribution in [2.24, 2.45) is 5.73 Å². The van der Waals surface area contributed by atoms with Crippen molar-refractivity contribution in [1.82, 2.24) is 25.5 Å². The molecule has 1 aliphatic rings. The molecule has 1 saturated heterocycles. The average Bonchev–Trinajstić information content (AvgIpc) is 3.34. The van der Waals surface area contributed by atoms with Crippen molar-refractivity contribution < 1.29 is 9.13 Å². The van der Waals surface area contributed by atoms with Gasteiger partial charge in [-0.3, -0.25) is 15.0 Å². The number of morpholine rings is 1. The minimum atomic E-state index is -0.237. The number of H-pyrrole nitrogens is 1. The van der Waals surface area contributed by atoms with E-state index >= 15 is 0 Å². The van der Waals surface area contributed by atoms with Crippen molar-refractivity contribution in [3.8, 4) is 11.3 Å². The SMILES string of the molecule is CNN(C/C=C(\N)C1CN(Cc2ccccc2F)CCO1)c1ccc2[nH]nc(-c3ccncc3)c2c1. The first-order valence-electron chi connectivity index (χ1n) is 12.0. The van der Waals surface area contributed by atoms with Gasteiger partial charge < -0.3 is 15.5 Å². The fraction of sp³-hybridized carbons (Fsp3) is 0.259. The molecule has 1 unspecified atom stereocenters. The highest BCUT2D eigenvalue weighted by Crippen LogP contribution is 2.29. The number of hydrogen-bond acceptors (Lipinski definition) is 7. The molecule has 0 spiro atoms. The van der Waals surface area contributed by atoms with Crippen LogP contribution >= 0.6 is 0 Å². The molecule has 2 aromatic heterocycles. The minimum Gasteiger partial charge on any atom is -0.400 e. The number of aromatic nitrogens is 3. The third kappa shape index (κ3) is 5.23. The molecule has 5 rings (SSSR count). The second-order valence-corrected chi connectivity index (χ2v) is 8.76. The minimum absolute atomic E-state index is 0.185. The Morgan fingerprint density at radius 3 is 2.89 bits per heavy atom. The van der Waals surface area contributed by atoms with Crippen LogP contribution in [0.3, 0.4) is 0 Å². The molecular weight excluding hydrogens is 457 g/mol. The number of hydrazine groups is 1. The number of hydrogen-bond donors (Lipinski definition) is 3. The highest BCUT2D eigenvalue weighted by Gasteiger charge is 2.23. The molecular formula is C27H30FN7O. The molecule has 0 radical (unpaired) electrons. The third-order valence-corrected chi connectivity index (χ3v) is 6.47. The maximum atomic E-state index is 14.1. The lowest BCUT2D eigenvalue weighted by molar-refractivity contribution is -0.0133. The lowest BCUT2D eigenvalue weighted by Crippen LogP contribution is -2.44. The van der Waals surface area contributed by atoms with Crippen LogP contribution in [0.2, 0.25) is 0 Å². The van der Waals surface area contributed by atoms with E-state index in [2.05, 4.69) is 31.6 Å². The molecule has 36 heavy (non-hydrogen) atoms. The van der Waals surface area contributed by atoms with Gasteiger partial charge in [-0.15, -0.1) is 0 Å². The van der Waals surface area contributed by atoms with Crippen molar-refractivity contribution in [2.75, 3.05) is 38.3 Å². The summed E-state index contributed by atoms with van der Waals surface area (Å²) in [5.41, 5.74) is 14.9. The first kappa shape index (κ1) is 23.9. The number of halogens is 1. The zero-order valence-corrected chi connectivity index (χ0v) is 20.2. The summed E-state index contributed by atoms with van der Waals surface area (Å²) in [6, 6.07) is 16.9. The Morgan fingerprint density at radius 1 is 1.25 bits per heavy atom. The van der Waals surface area contributed by atoms with Gasteiger partial charge in [0.2, 0.25) is 0 Å². The molecule has 0 saturated carbocycles. The van der Waals surface area contributed by atoms with Crippen LogP contribution in [0.1, 0.15) is 5.56 Å². The molecule has 0 amide bonds. The number of anilines is 1. The Bertz CT molecular complexity index is 1340. The standard InChI is InChI=1S/C27H30FN7O/c1-30-35(21-6-7-25-22(16-21)27(33-32-25)19-8-11-31-12-9-19)13-10-24(29)26-18-34(14-15-36-26)17-20-4-2-3-5-23(20)28/h2-12,16,26,30H,13-15,17-18,29H2,1H3,(H,32,33)/b24-10-. The Morgan fingerprint density at radius 2 is 2.08 bits per heavy atom. The van der Waals surface area contributed by atoms with E-state index in [1.807, 2.05) is 54.5 Å². The normalized spacial score (nSPS) is 16.9. The summed E-state index contributed by atoms with van der Waals surface area (Å²) in [5.74, 6) is -0.185. The summed E-state index contributed by atoms with van der Waals surface area (Å²) < 4.78 is 20.0. The van der Waals surface area contributed by atoms with E-state index in [0.29, 0.717) is 37.5 Å². The van der Waals surface area contributed by atoms with Crippen molar-refractivity contribution >= 4 is 16.6 Å². The fourth-order valence-corrected chi connectivity index (χ4v) is 4.47. The predicted molar refractivity (Wildman–Crippen MR) is 139 cm³/mol. The highest BCUT2D eigenvalue weighted by molar-refractivity contribution is 5.94. The maximum Gasteiger partial charge on any atom is 0.127 e. The van der Waals surface area contributed by atoms with E-state index < -0.39 is 0 Å². The average molecular weight is 488 g/mol. The first-order chi connectivity index (χ1) is 17.6. The summed E-state index contributed by atoms with van der Waals surface area (Å²) in [6.45, 7) is 2.99. The molecule has 0 aliphatic carbocycles. The smallest absolute Gasteiger partial charge is 0.127 e. The van der Waals surface area contributed by atoms with E-state index in [-0.39, 0.29) is 11.9 Å². The lowest BCUT2D eigenvalue weighted by atomic mass is 10.1. The first-order valence-corrected chi connectivity index (χ1v) is 12.0. The zero-order valence-electron chi connectivity index (χ0n) is 20.2.